The maximum Gasteiger partial charge on any atom is 0.239 e. The topological polar surface area (TPSA) is 134 Å². The number of hydrazine groups is 1. The standard InChI is InChI=1S/C20H37N5O4/c1-14-10-16(27)25(17(28)11-14)20(4,5)13-19(2,3)18(29)23-12-15(26)22-8-6-7-9-24-21/h14,24H,6-13,21H2,1-5H3,(H,22,26)(H,23,29). The molecule has 0 aromatic carbocycles. The summed E-state index contributed by atoms with van der Waals surface area (Å²) in [4.78, 5) is 50.7. The normalized spacial score (nSPS) is 16.1. The molecule has 0 aromatic rings. The lowest BCUT2D eigenvalue weighted by molar-refractivity contribution is -0.158. The fourth-order valence-corrected chi connectivity index (χ4v) is 3.95. The van der Waals surface area contributed by atoms with Crippen molar-refractivity contribution in [1.29, 1.82) is 0 Å². The first-order valence-electron chi connectivity index (χ1n) is 10.2. The van der Waals surface area contributed by atoms with Gasteiger partial charge >= 0.3 is 0 Å². The van der Waals surface area contributed by atoms with Crippen LogP contribution in [-0.2, 0) is 19.2 Å². The summed E-state index contributed by atoms with van der Waals surface area (Å²) in [5, 5.41) is 5.40. The lowest BCUT2D eigenvalue weighted by atomic mass is 9.77. The molecule has 0 saturated carbocycles. The highest BCUT2D eigenvalue weighted by molar-refractivity contribution is 5.99. The summed E-state index contributed by atoms with van der Waals surface area (Å²) in [5.74, 6) is 4.28. The third-order valence-electron chi connectivity index (χ3n) is 5.12. The fraction of sp³-hybridized carbons (Fsp3) is 0.800. The van der Waals surface area contributed by atoms with Crippen LogP contribution in [0.15, 0.2) is 0 Å². The Morgan fingerprint density at radius 2 is 1.59 bits per heavy atom. The molecule has 29 heavy (non-hydrogen) atoms. The number of piperidine rings is 1. The van der Waals surface area contributed by atoms with Crippen LogP contribution in [-0.4, -0.2) is 53.7 Å². The molecule has 0 aliphatic carbocycles. The Bertz CT molecular complexity index is 600. The van der Waals surface area contributed by atoms with Gasteiger partial charge < -0.3 is 10.6 Å². The van der Waals surface area contributed by atoms with Gasteiger partial charge in [-0.3, -0.25) is 35.3 Å². The molecule has 0 unspecified atom stereocenters. The average molecular weight is 412 g/mol. The van der Waals surface area contributed by atoms with E-state index in [0.717, 1.165) is 12.8 Å². The number of nitrogens with zero attached hydrogens (tertiary/aromatic N) is 1. The van der Waals surface area contributed by atoms with Gasteiger partial charge in [0.2, 0.25) is 23.6 Å². The molecule has 0 aromatic heterocycles. The van der Waals surface area contributed by atoms with E-state index in [4.69, 9.17) is 5.84 Å². The Hall–Kier alpha value is -2.00. The summed E-state index contributed by atoms with van der Waals surface area (Å²) in [6.45, 7) is 10.1. The largest absolute Gasteiger partial charge is 0.355 e. The molecule has 0 radical (unpaired) electrons. The molecule has 0 atom stereocenters. The van der Waals surface area contributed by atoms with Crippen LogP contribution in [0.4, 0.5) is 0 Å². The van der Waals surface area contributed by atoms with Crippen LogP contribution >= 0.6 is 0 Å². The first-order valence-corrected chi connectivity index (χ1v) is 10.2. The zero-order valence-electron chi connectivity index (χ0n) is 18.4. The highest BCUT2D eigenvalue weighted by Crippen LogP contribution is 2.35. The molecule has 9 heteroatoms. The average Bonchev–Trinajstić information content (AvgIpc) is 2.57. The molecule has 1 heterocycles. The second-order valence-electron chi connectivity index (χ2n) is 9.20. The highest BCUT2D eigenvalue weighted by Gasteiger charge is 2.44. The zero-order valence-corrected chi connectivity index (χ0v) is 18.4. The number of rotatable bonds is 11. The third kappa shape index (κ3) is 7.74. The van der Waals surface area contributed by atoms with Crippen LogP contribution in [0.1, 0.15) is 66.7 Å². The van der Waals surface area contributed by atoms with Crippen LogP contribution in [0, 0.1) is 11.3 Å². The number of imide groups is 1. The molecule has 0 bridgehead atoms. The predicted molar refractivity (Wildman–Crippen MR) is 110 cm³/mol. The van der Waals surface area contributed by atoms with E-state index >= 15 is 0 Å². The van der Waals surface area contributed by atoms with E-state index in [1.807, 2.05) is 6.92 Å². The lowest BCUT2D eigenvalue weighted by Crippen LogP contribution is -2.57. The van der Waals surface area contributed by atoms with Crippen molar-refractivity contribution in [2.45, 2.75) is 72.3 Å². The Morgan fingerprint density at radius 1 is 1.03 bits per heavy atom. The Kier molecular flexibility index (Phi) is 9.22. The molecule has 166 valence electrons. The second-order valence-corrected chi connectivity index (χ2v) is 9.20. The summed E-state index contributed by atoms with van der Waals surface area (Å²) in [7, 11) is 0. The number of amides is 4. The molecular weight excluding hydrogens is 374 g/mol. The van der Waals surface area contributed by atoms with Gasteiger partial charge in [-0.15, -0.1) is 0 Å². The van der Waals surface area contributed by atoms with Gasteiger partial charge in [-0.25, -0.2) is 0 Å². The van der Waals surface area contributed by atoms with Gasteiger partial charge in [0.1, 0.15) is 0 Å². The number of carbonyl (C=O) groups is 4. The monoisotopic (exact) mass is 411 g/mol. The highest BCUT2D eigenvalue weighted by atomic mass is 16.2. The van der Waals surface area contributed by atoms with E-state index < -0.39 is 11.0 Å². The molecule has 5 N–H and O–H groups in total. The van der Waals surface area contributed by atoms with Crippen molar-refractivity contribution in [3.05, 3.63) is 0 Å². The van der Waals surface area contributed by atoms with Gasteiger partial charge in [0.25, 0.3) is 0 Å². The van der Waals surface area contributed by atoms with Crippen molar-refractivity contribution in [2.24, 2.45) is 17.2 Å². The number of likely N-dealkylation sites (tertiary alicyclic amines) is 1. The second kappa shape index (κ2) is 10.7. The van der Waals surface area contributed by atoms with Crippen molar-refractivity contribution in [3.8, 4) is 0 Å². The number of nitrogens with two attached hydrogens (primary N) is 1. The summed E-state index contributed by atoms with van der Waals surface area (Å²) in [6.07, 6.45) is 2.61. The number of nitrogens with one attached hydrogen (secondary N) is 3. The molecular formula is C20H37N5O4. The van der Waals surface area contributed by atoms with Gasteiger partial charge in [-0.1, -0.05) is 20.8 Å². The minimum Gasteiger partial charge on any atom is -0.355 e. The molecule has 4 amide bonds. The van der Waals surface area contributed by atoms with Crippen LogP contribution in [0.2, 0.25) is 0 Å². The van der Waals surface area contributed by atoms with E-state index in [1.54, 1.807) is 27.7 Å². The fourth-order valence-electron chi connectivity index (χ4n) is 3.95. The summed E-state index contributed by atoms with van der Waals surface area (Å²) < 4.78 is 0. The van der Waals surface area contributed by atoms with E-state index in [1.165, 1.54) is 4.90 Å². The van der Waals surface area contributed by atoms with Gasteiger partial charge in [-0.2, -0.15) is 0 Å². The van der Waals surface area contributed by atoms with E-state index in [-0.39, 0.29) is 36.1 Å². The molecule has 0 spiro atoms. The van der Waals surface area contributed by atoms with E-state index in [0.29, 0.717) is 32.4 Å². The van der Waals surface area contributed by atoms with E-state index in [9.17, 15) is 19.2 Å². The number of carbonyl (C=O) groups excluding carboxylic acids is 4. The Balaban J connectivity index is 2.57. The van der Waals surface area contributed by atoms with Crippen LogP contribution in [0.25, 0.3) is 0 Å². The molecule has 9 nitrogen and oxygen atoms in total. The van der Waals surface area contributed by atoms with Crippen molar-refractivity contribution in [1.82, 2.24) is 21.0 Å². The minimum atomic E-state index is -0.861. The third-order valence-corrected chi connectivity index (χ3v) is 5.12. The van der Waals surface area contributed by atoms with Crippen LogP contribution < -0.4 is 21.9 Å². The SMILES string of the molecule is CC1CC(=O)N(C(C)(C)CC(C)(C)C(=O)NCC(=O)NCCCCNN)C(=O)C1. The van der Waals surface area contributed by atoms with E-state index in [2.05, 4.69) is 16.1 Å². The van der Waals surface area contributed by atoms with Crippen molar-refractivity contribution >= 4 is 23.6 Å². The van der Waals surface area contributed by atoms with Crippen molar-refractivity contribution < 1.29 is 19.2 Å². The summed E-state index contributed by atoms with van der Waals surface area (Å²) in [5.41, 5.74) is 0.889. The molecule has 1 rings (SSSR count). The van der Waals surface area contributed by atoms with Gasteiger partial charge in [0.15, 0.2) is 0 Å². The molecule has 1 saturated heterocycles. The first kappa shape index (κ1) is 25.0. The Labute approximate surface area is 173 Å². The van der Waals surface area contributed by atoms with Gasteiger partial charge in [0.05, 0.1) is 6.54 Å². The summed E-state index contributed by atoms with van der Waals surface area (Å²) in [6, 6.07) is 0. The molecule has 1 aliphatic heterocycles. The molecule has 1 aliphatic rings. The van der Waals surface area contributed by atoms with Crippen LogP contribution in [0.5, 0.6) is 0 Å². The van der Waals surface area contributed by atoms with Crippen molar-refractivity contribution in [2.75, 3.05) is 19.6 Å². The first-order chi connectivity index (χ1) is 13.4. The maximum atomic E-state index is 12.7. The van der Waals surface area contributed by atoms with Crippen LogP contribution in [0.3, 0.4) is 0 Å². The van der Waals surface area contributed by atoms with Gasteiger partial charge in [0, 0.05) is 36.9 Å². The zero-order chi connectivity index (χ0) is 22.2. The lowest BCUT2D eigenvalue weighted by Gasteiger charge is -2.44. The van der Waals surface area contributed by atoms with Gasteiger partial charge in [-0.05, 0) is 39.0 Å². The quantitative estimate of drug-likeness (QED) is 0.169. The smallest absolute Gasteiger partial charge is 0.239 e. The van der Waals surface area contributed by atoms with Crippen molar-refractivity contribution in [3.63, 3.8) is 0 Å². The number of hydrogen-bond donors (Lipinski definition) is 4. The minimum absolute atomic E-state index is 0.0449. The summed E-state index contributed by atoms with van der Waals surface area (Å²) >= 11 is 0. The number of hydrogen-bond acceptors (Lipinski definition) is 6. The number of unbranched alkanes of at least 4 members (excludes halogenated alkanes) is 1. The predicted octanol–water partition coefficient (Wildman–Crippen LogP) is 0.442. The molecule has 1 fully saturated rings. The maximum absolute atomic E-state index is 12.7. The Morgan fingerprint density at radius 3 is 2.14 bits per heavy atom.